The molecule has 0 radical (unpaired) electrons. The summed E-state index contributed by atoms with van der Waals surface area (Å²) >= 11 is 0. The number of ether oxygens (including phenoxy) is 1. The molecule has 1 heterocycles. The minimum Gasteiger partial charge on any atom is -0.497 e. The van der Waals surface area contributed by atoms with Crippen molar-refractivity contribution in [3.63, 3.8) is 0 Å². The number of likely N-dealkylation sites (N-methyl/N-ethyl adjacent to an activating group) is 1. The standard InChI is InChI=1S/C33H32N6O5S/c1-38(27-13-15-28(44-2)16-14-27)33(41)30(19-23-7-4-3-5-8-23)35-32(40)26-10-6-9-25(20-26)31-22-39(37-36-31)21-24-11-17-29(18-12-24)45(34,42)43/h3-18,20,22,30H,19,21H2,1-2H3,(H,35,40)(H2,34,42,43)/t30-/m0/s1. The van der Waals surface area contributed by atoms with Crippen LogP contribution in [0.2, 0.25) is 0 Å². The molecule has 0 saturated heterocycles. The average molecular weight is 625 g/mol. The van der Waals surface area contributed by atoms with Crippen molar-refractivity contribution < 1.29 is 22.7 Å². The van der Waals surface area contributed by atoms with Crippen molar-refractivity contribution in [1.82, 2.24) is 20.3 Å². The lowest BCUT2D eigenvalue weighted by Crippen LogP contribution is -2.48. The second-order valence-electron chi connectivity index (χ2n) is 10.4. The summed E-state index contributed by atoms with van der Waals surface area (Å²) in [5, 5.41) is 16.5. The number of sulfonamides is 1. The Kier molecular flexibility index (Phi) is 9.36. The van der Waals surface area contributed by atoms with Gasteiger partial charge < -0.3 is 15.0 Å². The Bertz CT molecular complexity index is 1890. The predicted molar refractivity (Wildman–Crippen MR) is 170 cm³/mol. The van der Waals surface area contributed by atoms with E-state index in [2.05, 4.69) is 15.6 Å². The van der Waals surface area contributed by atoms with Gasteiger partial charge in [0.2, 0.25) is 15.9 Å². The number of amides is 2. The van der Waals surface area contributed by atoms with Crippen LogP contribution in [-0.4, -0.2) is 55.4 Å². The third kappa shape index (κ3) is 7.80. The molecule has 0 saturated carbocycles. The Labute approximate surface area is 261 Å². The highest BCUT2D eigenvalue weighted by Crippen LogP contribution is 2.21. The lowest BCUT2D eigenvalue weighted by molar-refractivity contribution is -0.120. The van der Waals surface area contributed by atoms with Crippen molar-refractivity contribution in [3.05, 3.63) is 126 Å². The topological polar surface area (TPSA) is 150 Å². The summed E-state index contributed by atoms with van der Waals surface area (Å²) < 4.78 is 29.9. The first kappa shape index (κ1) is 31.1. The molecule has 0 unspecified atom stereocenters. The lowest BCUT2D eigenvalue weighted by atomic mass is 10.0. The first-order valence-electron chi connectivity index (χ1n) is 14.0. The zero-order valence-electron chi connectivity index (χ0n) is 24.7. The molecule has 0 fully saturated rings. The number of carbonyl (C=O) groups is 2. The zero-order chi connectivity index (χ0) is 32.0. The van der Waals surface area contributed by atoms with Crippen molar-refractivity contribution in [3.8, 4) is 17.0 Å². The Morgan fingerprint density at radius 2 is 1.64 bits per heavy atom. The Morgan fingerprint density at radius 3 is 2.31 bits per heavy atom. The molecule has 4 aromatic carbocycles. The molecule has 0 aliphatic rings. The third-order valence-corrected chi connectivity index (χ3v) is 8.16. The van der Waals surface area contributed by atoms with E-state index in [0.717, 1.165) is 11.1 Å². The number of anilines is 1. The van der Waals surface area contributed by atoms with Crippen molar-refractivity contribution in [2.24, 2.45) is 5.14 Å². The van der Waals surface area contributed by atoms with Crippen molar-refractivity contribution >= 4 is 27.5 Å². The van der Waals surface area contributed by atoms with Crippen molar-refractivity contribution in [2.75, 3.05) is 19.1 Å². The molecule has 11 nitrogen and oxygen atoms in total. The SMILES string of the molecule is COc1ccc(N(C)C(=O)[C@H](Cc2ccccc2)NC(=O)c2cccc(-c3cn(Cc4ccc(S(N)(=O)=O)cc4)nn3)c2)cc1. The quantitative estimate of drug-likeness (QED) is 0.228. The minimum absolute atomic E-state index is 0.0284. The smallest absolute Gasteiger partial charge is 0.251 e. The summed E-state index contributed by atoms with van der Waals surface area (Å²) in [5.41, 5.74) is 3.95. The van der Waals surface area contributed by atoms with E-state index in [1.165, 1.54) is 17.0 Å². The zero-order valence-corrected chi connectivity index (χ0v) is 25.5. The molecule has 0 bridgehead atoms. The summed E-state index contributed by atoms with van der Waals surface area (Å²) in [4.78, 5) is 28.8. The van der Waals surface area contributed by atoms with Crippen LogP contribution < -0.4 is 20.1 Å². The number of benzene rings is 4. The van der Waals surface area contributed by atoms with Gasteiger partial charge in [-0.05, 0) is 59.7 Å². The van der Waals surface area contributed by atoms with Crippen LogP contribution in [0.3, 0.4) is 0 Å². The maximum Gasteiger partial charge on any atom is 0.251 e. The number of nitrogens with one attached hydrogen (secondary N) is 1. The number of nitrogens with two attached hydrogens (primary N) is 1. The summed E-state index contributed by atoms with van der Waals surface area (Å²) in [7, 11) is -0.527. The van der Waals surface area contributed by atoms with Gasteiger partial charge in [0.1, 0.15) is 17.5 Å². The van der Waals surface area contributed by atoms with Crippen LogP contribution in [-0.2, 0) is 27.8 Å². The summed E-state index contributed by atoms with van der Waals surface area (Å²) in [6.45, 7) is 0.350. The van der Waals surface area contributed by atoms with E-state index >= 15 is 0 Å². The van der Waals surface area contributed by atoms with Gasteiger partial charge in [-0.3, -0.25) is 9.59 Å². The predicted octanol–water partition coefficient (Wildman–Crippen LogP) is 3.65. The molecular weight excluding hydrogens is 592 g/mol. The Balaban J connectivity index is 1.32. The molecule has 5 aromatic rings. The highest BCUT2D eigenvalue weighted by molar-refractivity contribution is 7.89. The van der Waals surface area contributed by atoms with E-state index in [0.29, 0.717) is 41.2 Å². The monoisotopic (exact) mass is 624 g/mol. The third-order valence-electron chi connectivity index (χ3n) is 7.23. The van der Waals surface area contributed by atoms with Crippen LogP contribution in [0.1, 0.15) is 21.5 Å². The Morgan fingerprint density at radius 1 is 0.933 bits per heavy atom. The first-order chi connectivity index (χ1) is 21.6. The fourth-order valence-electron chi connectivity index (χ4n) is 4.76. The normalized spacial score (nSPS) is 11.9. The van der Waals surface area contributed by atoms with E-state index in [1.54, 1.807) is 79.6 Å². The van der Waals surface area contributed by atoms with Gasteiger partial charge in [0.05, 0.1) is 24.7 Å². The molecule has 1 atom stereocenters. The van der Waals surface area contributed by atoms with Crippen LogP contribution in [0.15, 0.2) is 114 Å². The van der Waals surface area contributed by atoms with E-state index in [1.807, 2.05) is 36.4 Å². The van der Waals surface area contributed by atoms with Crippen LogP contribution in [0.5, 0.6) is 5.75 Å². The van der Waals surface area contributed by atoms with Gasteiger partial charge >= 0.3 is 0 Å². The highest BCUT2D eigenvalue weighted by atomic mass is 32.2. The van der Waals surface area contributed by atoms with E-state index in [9.17, 15) is 18.0 Å². The fourth-order valence-corrected chi connectivity index (χ4v) is 5.27. The second kappa shape index (κ2) is 13.5. The maximum absolute atomic E-state index is 13.7. The fraction of sp³-hybridized carbons (Fsp3) is 0.152. The van der Waals surface area contributed by atoms with Gasteiger partial charge in [-0.25, -0.2) is 18.2 Å². The largest absolute Gasteiger partial charge is 0.497 e. The highest BCUT2D eigenvalue weighted by Gasteiger charge is 2.26. The molecule has 45 heavy (non-hydrogen) atoms. The molecule has 3 N–H and O–H groups in total. The van der Waals surface area contributed by atoms with Gasteiger partial charge in [-0.15, -0.1) is 5.10 Å². The number of methoxy groups -OCH3 is 1. The molecule has 0 aliphatic heterocycles. The first-order valence-corrected chi connectivity index (χ1v) is 15.5. The number of hydrogen-bond donors (Lipinski definition) is 2. The van der Waals surface area contributed by atoms with Crippen LogP contribution in [0, 0.1) is 0 Å². The summed E-state index contributed by atoms with van der Waals surface area (Å²) in [5.74, 6) is -0.00221. The summed E-state index contributed by atoms with van der Waals surface area (Å²) in [6, 6.07) is 28.9. The maximum atomic E-state index is 13.7. The van der Waals surface area contributed by atoms with Crippen LogP contribution in [0.25, 0.3) is 11.3 Å². The van der Waals surface area contributed by atoms with Gasteiger partial charge in [0, 0.05) is 30.3 Å². The number of rotatable bonds is 11. The second-order valence-corrected chi connectivity index (χ2v) is 11.9. The number of aromatic nitrogens is 3. The Hall–Kier alpha value is -5.33. The number of nitrogens with zero attached hydrogens (tertiary/aromatic N) is 4. The van der Waals surface area contributed by atoms with Gasteiger partial charge in [0.25, 0.3) is 5.91 Å². The van der Waals surface area contributed by atoms with Gasteiger partial charge in [0.15, 0.2) is 0 Å². The minimum atomic E-state index is -3.78. The number of hydrogen-bond acceptors (Lipinski definition) is 7. The van der Waals surface area contributed by atoms with Crippen molar-refractivity contribution in [1.29, 1.82) is 0 Å². The molecule has 0 aliphatic carbocycles. The molecule has 2 amide bonds. The van der Waals surface area contributed by atoms with Crippen LogP contribution in [0.4, 0.5) is 5.69 Å². The molecule has 230 valence electrons. The number of carbonyl (C=O) groups excluding carboxylic acids is 2. The van der Waals surface area contributed by atoms with Gasteiger partial charge in [-0.2, -0.15) is 0 Å². The molecule has 1 aromatic heterocycles. The average Bonchev–Trinajstić information content (AvgIpc) is 3.52. The van der Waals surface area contributed by atoms with E-state index in [4.69, 9.17) is 9.88 Å². The summed E-state index contributed by atoms with van der Waals surface area (Å²) in [6.07, 6.45) is 2.04. The van der Waals surface area contributed by atoms with Crippen molar-refractivity contribution in [2.45, 2.75) is 23.9 Å². The molecule has 12 heteroatoms. The molecule has 5 rings (SSSR count). The number of primary sulfonamides is 1. The molecular formula is C33H32N6O5S. The van der Waals surface area contributed by atoms with E-state index in [-0.39, 0.29) is 10.8 Å². The lowest BCUT2D eigenvalue weighted by Gasteiger charge is -2.25. The van der Waals surface area contributed by atoms with Gasteiger partial charge in [-0.1, -0.05) is 59.8 Å². The molecule has 0 spiro atoms. The van der Waals surface area contributed by atoms with E-state index < -0.39 is 22.0 Å². The van der Waals surface area contributed by atoms with Crippen LogP contribution >= 0.6 is 0 Å².